The van der Waals surface area contributed by atoms with Gasteiger partial charge in [0.05, 0.1) is 11.6 Å². The molecule has 29 heavy (non-hydrogen) atoms. The predicted molar refractivity (Wildman–Crippen MR) is 113 cm³/mol. The lowest BCUT2D eigenvalue weighted by Crippen LogP contribution is -2.19. The van der Waals surface area contributed by atoms with Crippen molar-refractivity contribution in [2.75, 3.05) is 5.32 Å². The van der Waals surface area contributed by atoms with Gasteiger partial charge in [-0.1, -0.05) is 67.2 Å². The van der Waals surface area contributed by atoms with Crippen molar-refractivity contribution in [1.82, 2.24) is 0 Å². The molecule has 3 aromatic rings. The highest BCUT2D eigenvalue weighted by molar-refractivity contribution is 7.72. The van der Waals surface area contributed by atoms with E-state index < -0.39 is 19.8 Å². The average Bonchev–Trinajstić information content (AvgIpc) is 2.73. The van der Waals surface area contributed by atoms with Gasteiger partial charge in [-0.3, -0.25) is 0 Å². The third kappa shape index (κ3) is 5.25. The Morgan fingerprint density at radius 3 is 1.97 bits per heavy atom. The van der Waals surface area contributed by atoms with E-state index in [1.54, 1.807) is 6.07 Å². The minimum Gasteiger partial charge on any atom is -0.352 e. The van der Waals surface area contributed by atoms with E-state index in [0.29, 0.717) is 23.0 Å². The van der Waals surface area contributed by atoms with Crippen LogP contribution in [0.4, 0.5) is 18.9 Å². The second kappa shape index (κ2) is 8.94. The fourth-order valence-electron chi connectivity index (χ4n) is 2.87. The van der Waals surface area contributed by atoms with E-state index >= 15 is 0 Å². The Hall–Kier alpha value is -3.09. The van der Waals surface area contributed by atoms with E-state index in [1.807, 2.05) is 60.7 Å². The molecule has 1 N–H and O–H groups in total. The van der Waals surface area contributed by atoms with Gasteiger partial charge >= 0.3 is 6.18 Å². The summed E-state index contributed by atoms with van der Waals surface area (Å²) in [7, 11) is -0.874. The van der Waals surface area contributed by atoms with Crippen molar-refractivity contribution in [1.29, 1.82) is 5.26 Å². The Morgan fingerprint density at radius 2 is 1.48 bits per heavy atom. The third-order valence-electron chi connectivity index (χ3n) is 4.33. The summed E-state index contributed by atoms with van der Waals surface area (Å²) in [5.74, 6) is 0. The first-order valence-corrected chi connectivity index (χ1v) is 10.3. The van der Waals surface area contributed by atoms with E-state index in [9.17, 15) is 18.4 Å². The number of alkyl halides is 3. The van der Waals surface area contributed by atoms with Gasteiger partial charge in [-0.05, 0) is 42.3 Å². The van der Waals surface area contributed by atoms with Crippen molar-refractivity contribution in [3.8, 4) is 6.07 Å². The molecular formula is C23H18F3N2P. The number of nitrogens with zero attached hydrogens (tertiary/aromatic N) is 1. The van der Waals surface area contributed by atoms with Crippen LogP contribution in [0.15, 0.2) is 91.1 Å². The molecular weight excluding hydrogens is 392 g/mol. The smallest absolute Gasteiger partial charge is 0.352 e. The minimum atomic E-state index is -4.55. The summed E-state index contributed by atoms with van der Waals surface area (Å²) < 4.78 is 39.0. The van der Waals surface area contributed by atoms with Crippen molar-refractivity contribution < 1.29 is 13.2 Å². The van der Waals surface area contributed by atoms with Gasteiger partial charge < -0.3 is 5.32 Å². The quantitative estimate of drug-likeness (QED) is 0.531. The lowest BCUT2D eigenvalue weighted by Gasteiger charge is -2.22. The van der Waals surface area contributed by atoms with Gasteiger partial charge in [-0.15, -0.1) is 0 Å². The zero-order valence-electron chi connectivity index (χ0n) is 15.4. The summed E-state index contributed by atoms with van der Waals surface area (Å²) in [6, 6.07) is 26.5. The first kappa shape index (κ1) is 20.6. The van der Waals surface area contributed by atoms with Crippen LogP contribution in [-0.2, 0) is 6.16 Å². The number of rotatable bonds is 6. The number of benzene rings is 3. The van der Waals surface area contributed by atoms with Crippen molar-refractivity contribution >= 4 is 24.2 Å². The zero-order chi connectivity index (χ0) is 20.9. The molecule has 0 spiro atoms. The second-order valence-electron chi connectivity index (χ2n) is 6.34. The van der Waals surface area contributed by atoms with Gasteiger partial charge in [0.2, 0.25) is 0 Å². The van der Waals surface area contributed by atoms with Crippen LogP contribution in [0.25, 0.3) is 0 Å². The Labute approximate surface area is 169 Å². The van der Waals surface area contributed by atoms with Crippen LogP contribution >= 0.6 is 7.92 Å². The summed E-state index contributed by atoms with van der Waals surface area (Å²) in [4.78, 5) is 0. The number of hydrogen-bond donors (Lipinski definition) is 1. The van der Waals surface area contributed by atoms with Gasteiger partial charge in [-0.25, -0.2) is 0 Å². The van der Waals surface area contributed by atoms with Crippen LogP contribution in [0.1, 0.15) is 11.1 Å². The number of nitriles is 1. The van der Waals surface area contributed by atoms with Crippen LogP contribution in [0.5, 0.6) is 0 Å². The average molecular weight is 410 g/mol. The summed E-state index contributed by atoms with van der Waals surface area (Å²) in [5, 5.41) is 13.9. The molecule has 0 saturated carbocycles. The molecule has 0 bridgehead atoms. The molecule has 3 aromatic carbocycles. The molecule has 0 radical (unpaired) electrons. The van der Waals surface area contributed by atoms with Crippen molar-refractivity contribution in [2.24, 2.45) is 0 Å². The fraction of sp³-hybridized carbons (Fsp3) is 0.0870. The maximum absolute atomic E-state index is 13.0. The monoisotopic (exact) mass is 410 g/mol. The van der Waals surface area contributed by atoms with Gasteiger partial charge in [0, 0.05) is 11.8 Å². The summed E-state index contributed by atoms with van der Waals surface area (Å²) in [6.45, 7) is 3.10. The Balaban J connectivity index is 2.03. The number of nitrogens with one attached hydrogen (secondary N) is 1. The van der Waals surface area contributed by atoms with Crippen LogP contribution in [0.3, 0.4) is 0 Å². The highest BCUT2D eigenvalue weighted by atomic mass is 31.1. The summed E-state index contributed by atoms with van der Waals surface area (Å²) in [5.41, 5.74) is 0.324. The summed E-state index contributed by atoms with van der Waals surface area (Å²) >= 11 is 0. The van der Waals surface area contributed by atoms with E-state index in [2.05, 4.69) is 18.0 Å². The normalized spacial score (nSPS) is 11.1. The summed E-state index contributed by atoms with van der Waals surface area (Å²) in [6.07, 6.45) is -4.05. The van der Waals surface area contributed by atoms with Gasteiger partial charge in [0.25, 0.3) is 0 Å². The first-order chi connectivity index (χ1) is 13.9. The molecule has 0 heterocycles. The minimum absolute atomic E-state index is 0.311. The molecule has 6 heteroatoms. The van der Waals surface area contributed by atoms with E-state index in [4.69, 9.17) is 0 Å². The second-order valence-corrected chi connectivity index (χ2v) is 8.55. The predicted octanol–water partition coefficient (Wildman–Crippen LogP) is 5.68. The number of allylic oxidation sites excluding steroid dienone is 1. The molecule has 2 nitrogen and oxygen atoms in total. The highest BCUT2D eigenvalue weighted by Crippen LogP contribution is 2.40. The first-order valence-electron chi connectivity index (χ1n) is 8.82. The fourth-order valence-corrected chi connectivity index (χ4v) is 5.20. The maximum atomic E-state index is 13.0. The molecule has 0 unspecified atom stereocenters. The van der Waals surface area contributed by atoms with Crippen molar-refractivity contribution in [3.63, 3.8) is 0 Å². The highest BCUT2D eigenvalue weighted by Gasteiger charge is 2.32. The van der Waals surface area contributed by atoms with Crippen LogP contribution < -0.4 is 15.9 Å². The number of hydrogen-bond acceptors (Lipinski definition) is 2. The molecule has 0 atom stereocenters. The third-order valence-corrected chi connectivity index (χ3v) is 6.83. The molecule has 0 amide bonds. The SMILES string of the molecule is C=C(Nc1ccc(C#N)cc1CP(c1ccccc1)c1ccccc1)C(F)(F)F. The maximum Gasteiger partial charge on any atom is 0.430 e. The van der Waals surface area contributed by atoms with Gasteiger partial charge in [-0.2, -0.15) is 18.4 Å². The van der Waals surface area contributed by atoms with Crippen molar-refractivity contribution in [2.45, 2.75) is 12.3 Å². The molecule has 0 aliphatic carbocycles. The zero-order valence-corrected chi connectivity index (χ0v) is 16.3. The standard InChI is InChI=1S/C23H18F3N2P/c1-17(23(24,25)26)28-22-13-12-18(15-27)14-19(22)16-29(20-8-4-2-5-9-20)21-10-6-3-7-11-21/h2-14,28H,1,16H2. The molecule has 3 rings (SSSR count). The van der Waals surface area contributed by atoms with Crippen LogP contribution in [0.2, 0.25) is 0 Å². The molecule has 0 aliphatic heterocycles. The van der Waals surface area contributed by atoms with Gasteiger partial charge in [0.15, 0.2) is 0 Å². The van der Waals surface area contributed by atoms with Crippen molar-refractivity contribution in [3.05, 3.63) is 102 Å². The van der Waals surface area contributed by atoms with E-state index in [0.717, 1.165) is 10.6 Å². The molecule has 0 saturated heterocycles. The Bertz CT molecular complexity index is 986. The lowest BCUT2D eigenvalue weighted by atomic mass is 10.1. The largest absolute Gasteiger partial charge is 0.430 e. The topological polar surface area (TPSA) is 35.8 Å². The molecule has 146 valence electrons. The number of anilines is 1. The van der Waals surface area contributed by atoms with E-state index in [1.165, 1.54) is 12.1 Å². The Kier molecular flexibility index (Phi) is 6.36. The van der Waals surface area contributed by atoms with Crippen LogP contribution in [-0.4, -0.2) is 6.18 Å². The Morgan fingerprint density at radius 1 is 0.931 bits per heavy atom. The number of halogens is 3. The molecule has 0 aliphatic rings. The molecule has 0 aromatic heterocycles. The van der Waals surface area contributed by atoms with Gasteiger partial charge in [0.1, 0.15) is 5.70 Å². The molecule has 0 fully saturated rings. The van der Waals surface area contributed by atoms with E-state index in [-0.39, 0.29) is 0 Å². The van der Waals surface area contributed by atoms with Crippen LogP contribution in [0, 0.1) is 11.3 Å². The lowest BCUT2D eigenvalue weighted by molar-refractivity contribution is -0.0898.